The number of piperidine rings is 1. The number of hydrogen-bond donors (Lipinski definition) is 1. The van der Waals surface area contributed by atoms with Gasteiger partial charge in [-0.15, -0.1) is 0 Å². The Kier molecular flexibility index (Phi) is 5.40. The Morgan fingerprint density at radius 2 is 1.92 bits per heavy atom. The van der Waals surface area contributed by atoms with Gasteiger partial charge in [0.05, 0.1) is 5.92 Å². The molecule has 0 aromatic carbocycles. The number of primary amides is 1. The van der Waals surface area contributed by atoms with Gasteiger partial charge in [-0.25, -0.2) is 4.79 Å². The highest BCUT2D eigenvalue weighted by Gasteiger charge is 2.31. The van der Waals surface area contributed by atoms with Gasteiger partial charge in [0.15, 0.2) is 0 Å². The highest BCUT2D eigenvalue weighted by molar-refractivity contribution is 5.80. The molecule has 2 aliphatic rings. The third kappa shape index (κ3) is 4.03. The van der Waals surface area contributed by atoms with Gasteiger partial charge in [0.2, 0.25) is 5.91 Å². The lowest BCUT2D eigenvalue weighted by Crippen LogP contribution is -2.49. The molecule has 7 nitrogen and oxygen atoms in total. The third-order valence-corrected chi connectivity index (χ3v) is 5.22. The topological polar surface area (TPSA) is 82.8 Å². The van der Waals surface area contributed by atoms with Crippen molar-refractivity contribution in [3.8, 4) is 0 Å². The molecule has 0 spiro atoms. The van der Waals surface area contributed by atoms with Gasteiger partial charge >= 0.3 is 6.03 Å². The highest BCUT2D eigenvalue weighted by Crippen LogP contribution is 2.22. The predicted molar refractivity (Wildman–Crippen MR) is 96.3 cm³/mol. The predicted octanol–water partition coefficient (Wildman–Crippen LogP) is 1.22. The lowest BCUT2D eigenvalue weighted by Gasteiger charge is -2.34. The summed E-state index contributed by atoms with van der Waals surface area (Å²) < 4.78 is 0. The number of nitrogens with two attached hydrogens (primary N) is 1. The smallest absolute Gasteiger partial charge is 0.314 e. The molecule has 2 fully saturated rings. The average molecular weight is 345 g/mol. The first-order chi connectivity index (χ1) is 12.1. The molecule has 2 N–H and O–H groups in total. The minimum atomic E-state index is -0.423. The van der Waals surface area contributed by atoms with E-state index in [2.05, 4.69) is 16.8 Å². The Morgan fingerprint density at radius 3 is 2.68 bits per heavy atom. The lowest BCUT2D eigenvalue weighted by molar-refractivity contribution is -0.136. The summed E-state index contributed by atoms with van der Waals surface area (Å²) in [5.74, 6) is 0.0507. The molecule has 0 radical (unpaired) electrons. The number of amides is 3. The van der Waals surface area contributed by atoms with Gasteiger partial charge in [-0.3, -0.25) is 9.78 Å². The van der Waals surface area contributed by atoms with Crippen molar-refractivity contribution >= 4 is 17.6 Å². The Morgan fingerprint density at radius 1 is 1.12 bits per heavy atom. The number of urea groups is 1. The second kappa shape index (κ2) is 7.72. The van der Waals surface area contributed by atoms with Crippen LogP contribution >= 0.6 is 0 Å². The van der Waals surface area contributed by atoms with Gasteiger partial charge in [-0.2, -0.15) is 0 Å². The van der Waals surface area contributed by atoms with E-state index in [1.165, 1.54) is 5.69 Å². The minimum Gasteiger partial charge on any atom is -0.369 e. The average Bonchev–Trinajstić information content (AvgIpc) is 2.87. The van der Waals surface area contributed by atoms with Crippen molar-refractivity contribution in [2.45, 2.75) is 26.2 Å². The molecule has 0 aliphatic carbocycles. The van der Waals surface area contributed by atoms with Crippen molar-refractivity contribution < 1.29 is 9.59 Å². The number of pyridine rings is 1. The zero-order valence-corrected chi connectivity index (χ0v) is 14.9. The SMILES string of the molecule is Cc1cnccc1N1CCCN(C(=O)C2CCCN(C(N)=O)C2)CC1. The van der Waals surface area contributed by atoms with Crippen molar-refractivity contribution in [3.63, 3.8) is 0 Å². The Bertz CT molecular complexity index is 636. The number of hydrogen-bond acceptors (Lipinski definition) is 4. The van der Waals surface area contributed by atoms with E-state index < -0.39 is 6.03 Å². The molecule has 2 saturated heterocycles. The maximum atomic E-state index is 12.9. The summed E-state index contributed by atoms with van der Waals surface area (Å²) in [7, 11) is 0. The number of anilines is 1. The van der Waals surface area contributed by atoms with Crippen LogP contribution in [0.5, 0.6) is 0 Å². The van der Waals surface area contributed by atoms with E-state index in [1.54, 1.807) is 4.90 Å². The van der Waals surface area contributed by atoms with E-state index >= 15 is 0 Å². The van der Waals surface area contributed by atoms with Crippen LogP contribution in [0.3, 0.4) is 0 Å². The highest BCUT2D eigenvalue weighted by atomic mass is 16.2. The molecule has 25 heavy (non-hydrogen) atoms. The molecule has 0 saturated carbocycles. The van der Waals surface area contributed by atoms with Crippen molar-refractivity contribution in [2.75, 3.05) is 44.2 Å². The van der Waals surface area contributed by atoms with Crippen molar-refractivity contribution in [1.82, 2.24) is 14.8 Å². The molecule has 1 aromatic rings. The first kappa shape index (κ1) is 17.5. The Hall–Kier alpha value is -2.31. The van der Waals surface area contributed by atoms with E-state index in [4.69, 9.17) is 5.73 Å². The normalized spacial score (nSPS) is 21.8. The van der Waals surface area contributed by atoms with Crippen LogP contribution in [0.1, 0.15) is 24.8 Å². The van der Waals surface area contributed by atoms with E-state index in [1.807, 2.05) is 23.4 Å². The van der Waals surface area contributed by atoms with Gasteiger partial charge < -0.3 is 20.4 Å². The van der Waals surface area contributed by atoms with Crippen LogP contribution < -0.4 is 10.6 Å². The van der Waals surface area contributed by atoms with Gasteiger partial charge in [0.1, 0.15) is 0 Å². The van der Waals surface area contributed by atoms with E-state index in [-0.39, 0.29) is 11.8 Å². The first-order valence-electron chi connectivity index (χ1n) is 9.05. The summed E-state index contributed by atoms with van der Waals surface area (Å²) in [4.78, 5) is 34.3. The van der Waals surface area contributed by atoms with Crippen LogP contribution in [0.25, 0.3) is 0 Å². The number of aryl methyl sites for hydroxylation is 1. The second-order valence-electron chi connectivity index (χ2n) is 6.95. The first-order valence-corrected chi connectivity index (χ1v) is 9.05. The van der Waals surface area contributed by atoms with E-state index in [9.17, 15) is 9.59 Å². The molecule has 3 amide bonds. The quantitative estimate of drug-likeness (QED) is 0.874. The zero-order valence-electron chi connectivity index (χ0n) is 14.9. The largest absolute Gasteiger partial charge is 0.369 e. The number of rotatable bonds is 2. The molecular formula is C18H27N5O2. The summed E-state index contributed by atoms with van der Waals surface area (Å²) in [5, 5.41) is 0. The fourth-order valence-electron chi connectivity index (χ4n) is 3.84. The summed E-state index contributed by atoms with van der Waals surface area (Å²) in [6.45, 7) is 6.43. The number of nitrogens with zero attached hydrogens (tertiary/aromatic N) is 4. The fourth-order valence-corrected chi connectivity index (χ4v) is 3.84. The third-order valence-electron chi connectivity index (χ3n) is 5.22. The maximum Gasteiger partial charge on any atom is 0.314 e. The number of carbonyl (C=O) groups excluding carboxylic acids is 2. The minimum absolute atomic E-state index is 0.115. The Labute approximate surface area is 148 Å². The molecule has 3 rings (SSSR count). The van der Waals surface area contributed by atoms with Crippen molar-refractivity contribution in [2.24, 2.45) is 11.7 Å². The van der Waals surface area contributed by atoms with Gasteiger partial charge in [0.25, 0.3) is 0 Å². The van der Waals surface area contributed by atoms with Crippen molar-refractivity contribution in [1.29, 1.82) is 0 Å². The van der Waals surface area contributed by atoms with Crippen molar-refractivity contribution in [3.05, 3.63) is 24.0 Å². The fraction of sp³-hybridized carbons (Fsp3) is 0.611. The van der Waals surface area contributed by atoms with E-state index in [0.717, 1.165) is 44.5 Å². The van der Waals surface area contributed by atoms with Crippen LogP contribution in [-0.2, 0) is 4.79 Å². The second-order valence-corrected chi connectivity index (χ2v) is 6.95. The molecule has 1 atom stereocenters. The lowest BCUT2D eigenvalue weighted by atomic mass is 9.96. The summed E-state index contributed by atoms with van der Waals surface area (Å²) >= 11 is 0. The molecule has 1 aromatic heterocycles. The molecule has 3 heterocycles. The van der Waals surface area contributed by atoms with Crippen LogP contribution in [-0.4, -0.2) is 66.0 Å². The summed E-state index contributed by atoms with van der Waals surface area (Å²) in [6.07, 6.45) is 6.32. The van der Waals surface area contributed by atoms with Gasteiger partial charge in [-0.1, -0.05) is 0 Å². The van der Waals surface area contributed by atoms with Gasteiger partial charge in [0, 0.05) is 57.3 Å². The summed E-state index contributed by atoms with van der Waals surface area (Å²) in [6, 6.07) is 1.62. The zero-order chi connectivity index (χ0) is 17.8. The van der Waals surface area contributed by atoms with Crippen LogP contribution in [0, 0.1) is 12.8 Å². The number of carbonyl (C=O) groups is 2. The number of likely N-dealkylation sites (tertiary alicyclic amines) is 1. The molecule has 0 bridgehead atoms. The molecule has 1 unspecified atom stereocenters. The monoisotopic (exact) mass is 345 g/mol. The maximum absolute atomic E-state index is 12.9. The molecule has 136 valence electrons. The summed E-state index contributed by atoms with van der Waals surface area (Å²) in [5.41, 5.74) is 7.74. The van der Waals surface area contributed by atoms with E-state index in [0.29, 0.717) is 19.6 Å². The van der Waals surface area contributed by atoms with Crippen LogP contribution in [0.2, 0.25) is 0 Å². The number of aromatic nitrogens is 1. The molecular weight excluding hydrogens is 318 g/mol. The Balaban J connectivity index is 1.62. The molecule has 2 aliphatic heterocycles. The molecule has 7 heteroatoms. The van der Waals surface area contributed by atoms with Crippen LogP contribution in [0.4, 0.5) is 10.5 Å². The standard InChI is InChI=1S/C18H27N5O2/c1-14-12-20-6-5-16(14)21-8-3-9-22(11-10-21)17(24)15-4-2-7-23(13-15)18(19)25/h5-6,12,15H,2-4,7-11,13H2,1H3,(H2,19,25). The van der Waals surface area contributed by atoms with Gasteiger partial charge in [-0.05, 0) is 37.8 Å². The van der Waals surface area contributed by atoms with Crippen LogP contribution in [0.15, 0.2) is 18.5 Å².